The molecule has 3 aliphatic heterocycles. The maximum absolute atomic E-state index is 11.2. The minimum absolute atomic E-state index is 0.483. The Hall–Kier alpha value is -0.400. The van der Waals surface area contributed by atoms with E-state index in [1.54, 1.807) is 0 Å². The maximum Gasteiger partial charge on any atom is 0.482 e. The van der Waals surface area contributed by atoms with E-state index in [9.17, 15) is 4.57 Å². The molecule has 0 amide bonds. The lowest BCUT2D eigenvalue weighted by atomic mass is 10.1. The Morgan fingerprint density at radius 1 is 1.62 bits per heavy atom. The Balaban J connectivity index is 2.06. The van der Waals surface area contributed by atoms with Gasteiger partial charge in [0, 0.05) is 0 Å². The minimum Gasteiger partial charge on any atom is -0.276 e. The molecule has 72 valence electrons. The van der Waals surface area contributed by atoms with Crippen molar-refractivity contribution in [2.24, 2.45) is 0 Å². The van der Waals surface area contributed by atoms with Crippen molar-refractivity contribution in [3.8, 4) is 6.07 Å². The van der Waals surface area contributed by atoms with Crippen LogP contribution in [0.1, 0.15) is 26.2 Å². The zero-order chi connectivity index (χ0) is 9.53. The molecule has 5 nitrogen and oxygen atoms in total. The average Bonchev–Trinajstić information content (AvgIpc) is 2.49. The maximum atomic E-state index is 11.2. The van der Waals surface area contributed by atoms with Crippen LogP contribution in [0.4, 0.5) is 0 Å². The minimum atomic E-state index is -3.30. The molecule has 0 radical (unpaired) electrons. The summed E-state index contributed by atoms with van der Waals surface area (Å²) < 4.78 is 25.9. The Kier molecular flexibility index (Phi) is 1.97. The van der Waals surface area contributed by atoms with Gasteiger partial charge in [0.25, 0.3) is 0 Å². The number of nitrogens with zero attached hydrogens (tertiary/aromatic N) is 1. The molecule has 0 spiro atoms. The zero-order valence-corrected chi connectivity index (χ0v) is 8.12. The summed E-state index contributed by atoms with van der Waals surface area (Å²) in [5.41, 5.74) is 0. The van der Waals surface area contributed by atoms with Gasteiger partial charge in [-0.15, -0.1) is 0 Å². The second kappa shape index (κ2) is 2.79. The third-order valence-electron chi connectivity index (χ3n) is 2.15. The Bertz CT molecular complexity index is 300. The summed E-state index contributed by atoms with van der Waals surface area (Å²) in [5, 5.41) is 8.75. The molecular formula is C7H10NO4P. The molecule has 2 bridgehead atoms. The van der Waals surface area contributed by atoms with Gasteiger partial charge in [-0.1, -0.05) is 19.8 Å². The standard InChI is InChI=1S/C7H10NO4P/c1-2-3-4-6-7(5-8)11-13(9,10-6)12-7/h6H,2-4H2,1H3. The van der Waals surface area contributed by atoms with E-state index in [0.717, 1.165) is 12.8 Å². The highest BCUT2D eigenvalue weighted by Gasteiger charge is 2.71. The van der Waals surface area contributed by atoms with Gasteiger partial charge in [-0.25, -0.2) is 13.6 Å². The molecule has 3 fully saturated rings. The second-order valence-electron chi connectivity index (χ2n) is 3.15. The molecule has 3 rings (SSSR count). The lowest BCUT2D eigenvalue weighted by Crippen LogP contribution is -2.42. The highest BCUT2D eigenvalue weighted by Crippen LogP contribution is 2.74. The summed E-state index contributed by atoms with van der Waals surface area (Å²) in [7, 11) is -3.30. The van der Waals surface area contributed by atoms with Crippen molar-refractivity contribution in [3.05, 3.63) is 0 Å². The molecule has 13 heavy (non-hydrogen) atoms. The Morgan fingerprint density at radius 2 is 2.31 bits per heavy atom. The zero-order valence-electron chi connectivity index (χ0n) is 7.23. The number of hydrogen-bond acceptors (Lipinski definition) is 5. The summed E-state index contributed by atoms with van der Waals surface area (Å²) in [6, 6.07) is 1.85. The molecule has 0 aromatic carbocycles. The predicted molar refractivity (Wildman–Crippen MR) is 42.5 cm³/mol. The summed E-state index contributed by atoms with van der Waals surface area (Å²) in [6.07, 6.45) is 2.06. The van der Waals surface area contributed by atoms with Gasteiger partial charge in [-0.3, -0.25) is 4.52 Å². The lowest BCUT2D eigenvalue weighted by molar-refractivity contribution is -0.138. The largest absolute Gasteiger partial charge is 0.482 e. The number of hydrogen-bond donors (Lipinski definition) is 0. The van der Waals surface area contributed by atoms with Crippen LogP contribution in [0.3, 0.4) is 0 Å². The number of unbranched alkanes of at least 4 members (excludes halogenated alkanes) is 1. The molecule has 3 aliphatic rings. The third-order valence-corrected chi connectivity index (χ3v) is 3.65. The molecule has 3 heterocycles. The first-order valence-corrected chi connectivity index (χ1v) is 5.71. The summed E-state index contributed by atoms with van der Waals surface area (Å²) >= 11 is 0. The first kappa shape index (κ1) is 9.17. The first-order valence-electron chi connectivity index (χ1n) is 4.25. The van der Waals surface area contributed by atoms with Crippen LogP contribution in [-0.2, 0) is 18.1 Å². The van der Waals surface area contributed by atoms with E-state index in [1.165, 1.54) is 0 Å². The monoisotopic (exact) mass is 203 g/mol. The molecule has 0 aromatic heterocycles. The normalized spacial score (nSPS) is 46.9. The van der Waals surface area contributed by atoms with Crippen molar-refractivity contribution in [2.75, 3.05) is 0 Å². The van der Waals surface area contributed by atoms with Crippen LogP contribution >= 0.6 is 7.82 Å². The van der Waals surface area contributed by atoms with Crippen molar-refractivity contribution >= 4 is 7.82 Å². The van der Waals surface area contributed by atoms with Crippen molar-refractivity contribution in [1.82, 2.24) is 0 Å². The van der Waals surface area contributed by atoms with Crippen molar-refractivity contribution in [3.63, 3.8) is 0 Å². The van der Waals surface area contributed by atoms with E-state index in [2.05, 4.69) is 0 Å². The van der Waals surface area contributed by atoms with Crippen LogP contribution in [0.15, 0.2) is 0 Å². The molecule has 1 atom stereocenters. The molecular weight excluding hydrogens is 193 g/mol. The van der Waals surface area contributed by atoms with Crippen LogP contribution in [0, 0.1) is 11.3 Å². The number of fused-ring (bicyclic) bond motifs is 1. The Morgan fingerprint density at radius 3 is 2.85 bits per heavy atom. The second-order valence-corrected chi connectivity index (χ2v) is 4.62. The van der Waals surface area contributed by atoms with Crippen molar-refractivity contribution in [1.29, 1.82) is 5.26 Å². The van der Waals surface area contributed by atoms with E-state index >= 15 is 0 Å². The quantitative estimate of drug-likeness (QED) is 0.655. The fourth-order valence-electron chi connectivity index (χ4n) is 1.47. The van der Waals surface area contributed by atoms with Gasteiger partial charge < -0.3 is 0 Å². The fourth-order valence-corrected chi connectivity index (χ4v) is 3.11. The van der Waals surface area contributed by atoms with Crippen LogP contribution in [-0.4, -0.2) is 11.9 Å². The lowest BCUT2D eigenvalue weighted by Gasteiger charge is -2.28. The molecule has 3 saturated heterocycles. The molecule has 6 heteroatoms. The molecule has 0 aliphatic carbocycles. The van der Waals surface area contributed by atoms with Gasteiger partial charge in [0.15, 0.2) is 0 Å². The van der Waals surface area contributed by atoms with Crippen LogP contribution in [0.5, 0.6) is 0 Å². The van der Waals surface area contributed by atoms with Gasteiger partial charge in [-0.2, -0.15) is 5.26 Å². The van der Waals surface area contributed by atoms with E-state index in [1.807, 2.05) is 13.0 Å². The van der Waals surface area contributed by atoms with Crippen molar-refractivity contribution < 1.29 is 18.1 Å². The number of rotatable bonds is 3. The molecule has 0 N–H and O–H groups in total. The number of phosphoric ester groups is 1. The average molecular weight is 203 g/mol. The van der Waals surface area contributed by atoms with Gasteiger partial charge >= 0.3 is 13.6 Å². The smallest absolute Gasteiger partial charge is 0.276 e. The number of nitriles is 1. The SMILES string of the molecule is CCCCC1OP2(=O)OC1(C#N)O2. The van der Waals surface area contributed by atoms with Crippen LogP contribution < -0.4 is 0 Å². The van der Waals surface area contributed by atoms with Gasteiger partial charge in [-0.05, 0) is 6.42 Å². The topological polar surface area (TPSA) is 68.5 Å². The van der Waals surface area contributed by atoms with E-state index in [4.69, 9.17) is 18.8 Å². The highest BCUT2D eigenvalue weighted by atomic mass is 31.2. The summed E-state index contributed by atoms with van der Waals surface area (Å²) in [4.78, 5) is 0. The highest BCUT2D eigenvalue weighted by molar-refractivity contribution is 7.50. The molecule has 0 aromatic rings. The van der Waals surface area contributed by atoms with E-state index in [-0.39, 0.29) is 0 Å². The van der Waals surface area contributed by atoms with Crippen molar-refractivity contribution in [2.45, 2.75) is 38.1 Å². The summed E-state index contributed by atoms with van der Waals surface area (Å²) in [5.74, 6) is -1.37. The van der Waals surface area contributed by atoms with Crippen LogP contribution in [0.25, 0.3) is 0 Å². The van der Waals surface area contributed by atoms with Gasteiger partial charge in [0.1, 0.15) is 12.2 Å². The van der Waals surface area contributed by atoms with Gasteiger partial charge in [0.05, 0.1) is 0 Å². The molecule has 0 saturated carbocycles. The fraction of sp³-hybridized carbons (Fsp3) is 0.857. The summed E-state index contributed by atoms with van der Waals surface area (Å²) in [6.45, 7) is 2.03. The third kappa shape index (κ3) is 1.22. The van der Waals surface area contributed by atoms with E-state index < -0.39 is 19.7 Å². The first-order chi connectivity index (χ1) is 6.14. The number of phosphoric acid groups is 1. The Labute approximate surface area is 76.2 Å². The van der Waals surface area contributed by atoms with Gasteiger partial charge in [0.2, 0.25) is 0 Å². The van der Waals surface area contributed by atoms with E-state index in [0.29, 0.717) is 6.42 Å². The molecule has 1 unspecified atom stereocenters. The predicted octanol–water partition coefficient (Wildman–Crippen LogP) is 1.95. The van der Waals surface area contributed by atoms with Crippen LogP contribution in [0.2, 0.25) is 0 Å².